The molecule has 2 N–H and O–H groups in total. The standard InChI is InChI=1S/C21H22F3N5O4/c22-21(23,24)12-29-19-16(11-25-29)17(13-5-9-33-10-6-13)26-18(27-19)14-1-3-15(4-2-14)28(7-8-30)20(31)32/h1-4,11,13,30H,5-10,12H2,(H,31,32). The first-order valence-electron chi connectivity index (χ1n) is 10.4. The summed E-state index contributed by atoms with van der Waals surface area (Å²) in [5.74, 6) is 0.223. The van der Waals surface area contributed by atoms with Gasteiger partial charge in [0.1, 0.15) is 6.54 Å². The lowest BCUT2D eigenvalue weighted by Crippen LogP contribution is -2.31. The van der Waals surface area contributed by atoms with Crippen LogP contribution in [0.5, 0.6) is 0 Å². The number of hydrogen-bond acceptors (Lipinski definition) is 6. The van der Waals surface area contributed by atoms with Gasteiger partial charge in [0.05, 0.1) is 30.4 Å². The minimum absolute atomic E-state index is 0.00198. The van der Waals surface area contributed by atoms with Crippen LogP contribution in [0.1, 0.15) is 24.5 Å². The molecule has 1 amide bonds. The third kappa shape index (κ3) is 5.06. The van der Waals surface area contributed by atoms with E-state index in [9.17, 15) is 23.1 Å². The molecule has 1 saturated heterocycles. The second kappa shape index (κ2) is 9.32. The first-order valence-corrected chi connectivity index (χ1v) is 10.4. The lowest BCUT2D eigenvalue weighted by Gasteiger charge is -2.22. The van der Waals surface area contributed by atoms with Crippen molar-refractivity contribution in [2.75, 3.05) is 31.3 Å². The number of hydrogen-bond donors (Lipinski definition) is 2. The number of carboxylic acid groups (broad SMARTS) is 1. The molecule has 33 heavy (non-hydrogen) atoms. The number of ether oxygens (including phenoxy) is 1. The van der Waals surface area contributed by atoms with E-state index in [1.54, 1.807) is 12.1 Å². The number of aliphatic hydroxyl groups is 1. The Morgan fingerprint density at radius 3 is 2.48 bits per heavy atom. The van der Waals surface area contributed by atoms with E-state index < -0.39 is 18.8 Å². The predicted octanol–water partition coefficient (Wildman–Crippen LogP) is 3.43. The van der Waals surface area contributed by atoms with Crippen molar-refractivity contribution in [1.82, 2.24) is 19.7 Å². The zero-order valence-corrected chi connectivity index (χ0v) is 17.5. The molecule has 12 heteroatoms. The van der Waals surface area contributed by atoms with Crippen LogP contribution in [0.3, 0.4) is 0 Å². The van der Waals surface area contributed by atoms with Crippen molar-refractivity contribution in [3.63, 3.8) is 0 Å². The monoisotopic (exact) mass is 465 g/mol. The molecular formula is C21H22F3N5O4. The lowest BCUT2D eigenvalue weighted by atomic mass is 9.94. The van der Waals surface area contributed by atoms with Crippen molar-refractivity contribution in [3.05, 3.63) is 36.2 Å². The molecule has 176 valence electrons. The number of alkyl halides is 3. The fraction of sp³-hybridized carbons (Fsp3) is 0.429. The van der Waals surface area contributed by atoms with Crippen LogP contribution in [0.4, 0.5) is 23.7 Å². The van der Waals surface area contributed by atoms with Crippen LogP contribution in [0.15, 0.2) is 30.5 Å². The first kappa shape index (κ1) is 22.9. The number of nitrogens with zero attached hydrogens (tertiary/aromatic N) is 5. The Balaban J connectivity index is 1.78. The Morgan fingerprint density at radius 1 is 1.18 bits per heavy atom. The summed E-state index contributed by atoms with van der Waals surface area (Å²) in [6.45, 7) is -0.638. The number of carbonyl (C=O) groups is 1. The molecular weight excluding hydrogens is 443 g/mol. The van der Waals surface area contributed by atoms with Gasteiger partial charge in [-0.25, -0.2) is 19.4 Å². The molecule has 1 aliphatic rings. The van der Waals surface area contributed by atoms with E-state index in [2.05, 4.69) is 15.1 Å². The van der Waals surface area contributed by atoms with Gasteiger partial charge in [0.25, 0.3) is 0 Å². The van der Waals surface area contributed by atoms with E-state index in [4.69, 9.17) is 9.84 Å². The first-order chi connectivity index (χ1) is 15.8. The van der Waals surface area contributed by atoms with Gasteiger partial charge in [-0.15, -0.1) is 0 Å². The van der Waals surface area contributed by atoms with E-state index in [0.717, 1.165) is 9.58 Å². The molecule has 0 unspecified atom stereocenters. The summed E-state index contributed by atoms with van der Waals surface area (Å²) in [5.41, 5.74) is 1.58. The van der Waals surface area contributed by atoms with Crippen LogP contribution in [-0.4, -0.2) is 68.6 Å². The smallest absolute Gasteiger partial charge is 0.411 e. The third-order valence-corrected chi connectivity index (χ3v) is 5.45. The molecule has 4 rings (SSSR count). The maximum Gasteiger partial charge on any atom is 0.411 e. The second-order valence-electron chi connectivity index (χ2n) is 7.68. The Morgan fingerprint density at radius 2 is 1.88 bits per heavy atom. The van der Waals surface area contributed by atoms with Gasteiger partial charge in [0.15, 0.2) is 11.5 Å². The van der Waals surface area contributed by atoms with Gasteiger partial charge in [-0.05, 0) is 37.1 Å². The van der Waals surface area contributed by atoms with Crippen LogP contribution in [0, 0.1) is 0 Å². The summed E-state index contributed by atoms with van der Waals surface area (Å²) in [4.78, 5) is 21.5. The number of aromatic nitrogens is 4. The number of aliphatic hydroxyl groups excluding tert-OH is 1. The van der Waals surface area contributed by atoms with Gasteiger partial charge in [-0.2, -0.15) is 18.3 Å². The van der Waals surface area contributed by atoms with Gasteiger partial charge < -0.3 is 14.9 Å². The normalized spacial score (nSPS) is 15.2. The molecule has 1 aliphatic heterocycles. The van der Waals surface area contributed by atoms with E-state index >= 15 is 0 Å². The average Bonchev–Trinajstić information content (AvgIpc) is 3.18. The molecule has 9 nitrogen and oxygen atoms in total. The summed E-state index contributed by atoms with van der Waals surface area (Å²) >= 11 is 0. The van der Waals surface area contributed by atoms with Crippen molar-refractivity contribution < 1.29 is 32.9 Å². The van der Waals surface area contributed by atoms with Crippen molar-refractivity contribution in [3.8, 4) is 11.4 Å². The molecule has 3 heterocycles. The molecule has 0 aliphatic carbocycles. The van der Waals surface area contributed by atoms with Gasteiger partial charge in [0.2, 0.25) is 0 Å². The Labute approximate surface area is 186 Å². The van der Waals surface area contributed by atoms with Crippen LogP contribution in [-0.2, 0) is 11.3 Å². The lowest BCUT2D eigenvalue weighted by molar-refractivity contribution is -0.141. The summed E-state index contributed by atoms with van der Waals surface area (Å²) in [5, 5.41) is 22.8. The highest BCUT2D eigenvalue weighted by atomic mass is 19.4. The minimum Gasteiger partial charge on any atom is -0.465 e. The fourth-order valence-electron chi connectivity index (χ4n) is 3.90. The molecule has 3 aromatic rings. The summed E-state index contributed by atoms with van der Waals surface area (Å²) in [6, 6.07) is 6.27. The SMILES string of the molecule is O=C(O)N(CCO)c1ccc(-c2nc(C3CCOCC3)c3cnn(CC(F)(F)F)c3n2)cc1. The summed E-state index contributed by atoms with van der Waals surface area (Å²) in [7, 11) is 0. The van der Waals surface area contributed by atoms with Crippen molar-refractivity contribution in [2.24, 2.45) is 0 Å². The number of benzene rings is 1. The zero-order valence-electron chi connectivity index (χ0n) is 17.5. The number of rotatable bonds is 6. The topological polar surface area (TPSA) is 114 Å². The van der Waals surface area contributed by atoms with Crippen molar-refractivity contribution >= 4 is 22.8 Å². The van der Waals surface area contributed by atoms with Crippen LogP contribution >= 0.6 is 0 Å². The average molecular weight is 465 g/mol. The number of anilines is 1. The molecule has 0 radical (unpaired) electrons. The fourth-order valence-corrected chi connectivity index (χ4v) is 3.90. The molecule has 1 aromatic carbocycles. The molecule has 0 atom stereocenters. The van der Waals surface area contributed by atoms with E-state index in [1.165, 1.54) is 18.3 Å². The van der Waals surface area contributed by atoms with Gasteiger partial charge in [-0.1, -0.05) is 0 Å². The van der Waals surface area contributed by atoms with Crippen LogP contribution in [0.2, 0.25) is 0 Å². The zero-order chi connectivity index (χ0) is 23.6. The second-order valence-corrected chi connectivity index (χ2v) is 7.68. The Hall–Kier alpha value is -3.25. The molecule has 0 saturated carbocycles. The highest BCUT2D eigenvalue weighted by molar-refractivity contribution is 5.86. The minimum atomic E-state index is -4.46. The highest BCUT2D eigenvalue weighted by Crippen LogP contribution is 2.33. The maximum atomic E-state index is 13.1. The number of amides is 1. The molecule has 0 bridgehead atoms. The van der Waals surface area contributed by atoms with E-state index in [-0.39, 0.29) is 30.5 Å². The van der Waals surface area contributed by atoms with Gasteiger partial charge in [0, 0.05) is 30.4 Å². The molecule has 2 aromatic heterocycles. The molecule has 0 spiro atoms. The summed E-state index contributed by atoms with van der Waals surface area (Å²) < 4.78 is 45.5. The van der Waals surface area contributed by atoms with Gasteiger partial charge in [-0.3, -0.25) is 4.90 Å². The van der Waals surface area contributed by atoms with Crippen LogP contribution < -0.4 is 4.90 Å². The number of fused-ring (bicyclic) bond motifs is 1. The predicted molar refractivity (Wildman–Crippen MR) is 112 cm³/mol. The van der Waals surface area contributed by atoms with Crippen LogP contribution in [0.25, 0.3) is 22.4 Å². The highest BCUT2D eigenvalue weighted by Gasteiger charge is 2.31. The maximum absolute atomic E-state index is 13.1. The van der Waals surface area contributed by atoms with E-state index in [0.29, 0.717) is 48.4 Å². The summed E-state index contributed by atoms with van der Waals surface area (Å²) in [6.07, 6.45) is -2.93. The molecule has 1 fully saturated rings. The van der Waals surface area contributed by atoms with Gasteiger partial charge >= 0.3 is 12.3 Å². The Kier molecular flexibility index (Phi) is 6.47. The third-order valence-electron chi connectivity index (χ3n) is 5.45. The van der Waals surface area contributed by atoms with Crippen molar-refractivity contribution in [2.45, 2.75) is 31.5 Å². The quantitative estimate of drug-likeness (QED) is 0.573. The van der Waals surface area contributed by atoms with Crippen molar-refractivity contribution in [1.29, 1.82) is 0 Å². The number of halogens is 3. The Bertz CT molecular complexity index is 1130. The largest absolute Gasteiger partial charge is 0.465 e. The van der Waals surface area contributed by atoms with E-state index in [1.807, 2.05) is 0 Å².